The Morgan fingerprint density at radius 1 is 1.00 bits per heavy atom. The first kappa shape index (κ1) is 20.3. The van der Waals surface area contributed by atoms with Gasteiger partial charge in [0.25, 0.3) is 17.3 Å². The lowest BCUT2D eigenvalue weighted by Crippen LogP contribution is -2.50. The topological polar surface area (TPSA) is 119 Å². The number of nitrogens with zero attached hydrogens (tertiary/aromatic N) is 4. The second kappa shape index (κ2) is 8.74. The van der Waals surface area contributed by atoms with E-state index in [1.54, 1.807) is 15.9 Å². The second-order valence-corrected chi connectivity index (χ2v) is 6.68. The van der Waals surface area contributed by atoms with Crippen molar-refractivity contribution in [2.45, 2.75) is 0 Å². The summed E-state index contributed by atoms with van der Waals surface area (Å²) >= 11 is 6.17. The predicted octanol–water partition coefficient (Wildman–Crippen LogP) is 2.88. The maximum atomic E-state index is 12.4. The first-order chi connectivity index (χ1) is 13.9. The van der Waals surface area contributed by atoms with Crippen molar-refractivity contribution in [1.29, 1.82) is 0 Å². The molecule has 0 aromatic heterocycles. The third-order valence-electron chi connectivity index (χ3n) is 4.52. The molecule has 2 aromatic rings. The van der Waals surface area contributed by atoms with E-state index in [1.807, 2.05) is 0 Å². The van der Waals surface area contributed by atoms with Gasteiger partial charge in [0, 0.05) is 44.4 Å². The van der Waals surface area contributed by atoms with Crippen molar-refractivity contribution in [2.75, 3.05) is 37.7 Å². The van der Waals surface area contributed by atoms with Crippen LogP contribution in [0.2, 0.25) is 5.02 Å². The Balaban J connectivity index is 1.56. The fourth-order valence-electron chi connectivity index (χ4n) is 3.04. The number of hydrogen-bond acceptors (Lipinski definition) is 7. The highest BCUT2D eigenvalue weighted by Gasteiger charge is 2.27. The summed E-state index contributed by atoms with van der Waals surface area (Å²) in [6.45, 7) is 1.32. The number of para-hydroxylation sites is 1. The van der Waals surface area contributed by atoms with Crippen LogP contribution >= 0.6 is 11.6 Å². The molecule has 3 rings (SSSR count). The zero-order valence-corrected chi connectivity index (χ0v) is 15.9. The van der Waals surface area contributed by atoms with Crippen molar-refractivity contribution in [3.05, 3.63) is 67.7 Å². The number of nitro groups is 2. The van der Waals surface area contributed by atoms with Gasteiger partial charge in [-0.2, -0.15) is 0 Å². The summed E-state index contributed by atoms with van der Waals surface area (Å²) in [4.78, 5) is 36.7. The molecule has 1 fully saturated rings. The van der Waals surface area contributed by atoms with Crippen molar-refractivity contribution >= 4 is 34.6 Å². The fourth-order valence-corrected chi connectivity index (χ4v) is 3.33. The van der Waals surface area contributed by atoms with Gasteiger partial charge in [-0.25, -0.2) is 0 Å². The average molecular weight is 421 g/mol. The summed E-state index contributed by atoms with van der Waals surface area (Å²) in [6.07, 6.45) is 0. The molecule has 10 nitrogen and oxygen atoms in total. The maximum absolute atomic E-state index is 12.4. The molecule has 0 atom stereocenters. The maximum Gasteiger partial charge on any atom is 0.294 e. The minimum absolute atomic E-state index is 0.0616. The molecule has 0 spiro atoms. The number of benzene rings is 2. The second-order valence-electron chi connectivity index (χ2n) is 6.27. The Kier molecular flexibility index (Phi) is 6.13. The van der Waals surface area contributed by atoms with Crippen molar-refractivity contribution < 1.29 is 19.4 Å². The summed E-state index contributed by atoms with van der Waals surface area (Å²) in [6, 6.07) is 9.99. The molecule has 0 aliphatic carbocycles. The minimum Gasteiger partial charge on any atom is -0.484 e. The molecular formula is C18H17ClN4O6. The van der Waals surface area contributed by atoms with Crippen LogP contribution in [0.4, 0.5) is 17.1 Å². The molecule has 0 N–H and O–H groups in total. The molecule has 152 valence electrons. The minimum atomic E-state index is -0.516. The van der Waals surface area contributed by atoms with Gasteiger partial charge in [-0.1, -0.05) is 17.7 Å². The third kappa shape index (κ3) is 4.72. The van der Waals surface area contributed by atoms with Gasteiger partial charge in [0.05, 0.1) is 14.9 Å². The fraction of sp³-hybridized carbons (Fsp3) is 0.278. The molecule has 29 heavy (non-hydrogen) atoms. The van der Waals surface area contributed by atoms with Gasteiger partial charge in [0.2, 0.25) is 0 Å². The summed E-state index contributed by atoms with van der Waals surface area (Å²) in [5.74, 6) is 0.117. The van der Waals surface area contributed by atoms with E-state index in [2.05, 4.69) is 0 Å². The van der Waals surface area contributed by atoms with Crippen molar-refractivity contribution in [3.63, 3.8) is 0 Å². The molecule has 1 heterocycles. The van der Waals surface area contributed by atoms with Crippen LogP contribution < -0.4 is 9.64 Å². The van der Waals surface area contributed by atoms with Crippen molar-refractivity contribution in [2.24, 2.45) is 0 Å². The van der Waals surface area contributed by atoms with Crippen LogP contribution in [0.5, 0.6) is 5.75 Å². The highest BCUT2D eigenvalue weighted by atomic mass is 35.5. The Bertz CT molecular complexity index is 928. The molecule has 0 unspecified atom stereocenters. The Morgan fingerprint density at radius 2 is 1.66 bits per heavy atom. The molecule has 0 radical (unpaired) electrons. The van der Waals surface area contributed by atoms with Gasteiger partial charge in [0.15, 0.2) is 6.61 Å². The van der Waals surface area contributed by atoms with E-state index in [4.69, 9.17) is 16.3 Å². The average Bonchev–Trinajstić information content (AvgIpc) is 2.72. The number of nitro benzene ring substituents is 2. The summed E-state index contributed by atoms with van der Waals surface area (Å²) in [7, 11) is 0. The first-order valence-electron chi connectivity index (χ1n) is 8.69. The van der Waals surface area contributed by atoms with Gasteiger partial charge >= 0.3 is 0 Å². The number of anilines is 1. The summed E-state index contributed by atoms with van der Waals surface area (Å²) in [5, 5.41) is 22.2. The van der Waals surface area contributed by atoms with E-state index < -0.39 is 9.85 Å². The SMILES string of the molecule is O=C(COc1ccc([N+](=O)[O-])cc1)N1CCN(c2c(Cl)cccc2[N+](=O)[O-])CC1. The third-order valence-corrected chi connectivity index (χ3v) is 4.83. The largest absolute Gasteiger partial charge is 0.484 e. The monoisotopic (exact) mass is 420 g/mol. The molecule has 11 heteroatoms. The molecular weight excluding hydrogens is 404 g/mol. The number of carbonyl (C=O) groups is 1. The molecule has 2 aromatic carbocycles. The molecule has 0 bridgehead atoms. The van der Waals surface area contributed by atoms with Gasteiger partial charge in [0.1, 0.15) is 11.4 Å². The Morgan fingerprint density at radius 3 is 2.24 bits per heavy atom. The lowest BCUT2D eigenvalue weighted by atomic mass is 10.2. The molecule has 1 aliphatic rings. The van der Waals surface area contributed by atoms with Crippen LogP contribution in [0.15, 0.2) is 42.5 Å². The van der Waals surface area contributed by atoms with E-state index in [0.29, 0.717) is 42.6 Å². The summed E-state index contributed by atoms with van der Waals surface area (Å²) < 4.78 is 5.40. The number of halogens is 1. The molecule has 0 saturated carbocycles. The number of piperazine rings is 1. The van der Waals surface area contributed by atoms with E-state index >= 15 is 0 Å². The van der Waals surface area contributed by atoms with Crippen molar-refractivity contribution in [1.82, 2.24) is 4.90 Å². The van der Waals surface area contributed by atoms with Crippen LogP contribution in [0, 0.1) is 20.2 Å². The zero-order chi connectivity index (χ0) is 21.0. The van der Waals surface area contributed by atoms with E-state index in [-0.39, 0.29) is 23.9 Å². The number of ether oxygens (including phenoxy) is 1. The first-order valence-corrected chi connectivity index (χ1v) is 9.07. The molecule has 1 saturated heterocycles. The number of carbonyl (C=O) groups excluding carboxylic acids is 1. The standard InChI is InChI=1S/C18H17ClN4O6/c19-15-2-1-3-16(23(27)28)18(15)21-10-8-20(9-11-21)17(24)12-29-14-6-4-13(5-7-14)22(25)26/h1-7H,8-12H2. The number of hydrogen-bond donors (Lipinski definition) is 0. The van der Waals surface area contributed by atoms with Crippen LogP contribution in [0.1, 0.15) is 0 Å². The zero-order valence-electron chi connectivity index (χ0n) is 15.2. The molecule has 1 amide bonds. The van der Waals surface area contributed by atoms with E-state index in [0.717, 1.165) is 0 Å². The quantitative estimate of drug-likeness (QED) is 0.520. The van der Waals surface area contributed by atoms with Crippen molar-refractivity contribution in [3.8, 4) is 5.75 Å². The number of non-ortho nitro benzene ring substituents is 1. The van der Waals surface area contributed by atoms with Gasteiger partial charge < -0.3 is 14.5 Å². The van der Waals surface area contributed by atoms with Crippen LogP contribution in [0.25, 0.3) is 0 Å². The van der Waals surface area contributed by atoms with Gasteiger partial charge in [-0.15, -0.1) is 0 Å². The van der Waals surface area contributed by atoms with E-state index in [9.17, 15) is 25.0 Å². The summed E-state index contributed by atoms with van der Waals surface area (Å²) in [5.41, 5.74) is 0.223. The lowest BCUT2D eigenvalue weighted by Gasteiger charge is -2.36. The van der Waals surface area contributed by atoms with E-state index in [1.165, 1.54) is 36.4 Å². The highest BCUT2D eigenvalue weighted by molar-refractivity contribution is 6.33. The smallest absolute Gasteiger partial charge is 0.294 e. The van der Waals surface area contributed by atoms with Crippen LogP contribution in [-0.2, 0) is 4.79 Å². The number of rotatable bonds is 6. The number of amides is 1. The van der Waals surface area contributed by atoms with Gasteiger partial charge in [-0.3, -0.25) is 25.0 Å². The Hall–Kier alpha value is -3.40. The van der Waals surface area contributed by atoms with Gasteiger partial charge in [-0.05, 0) is 18.2 Å². The van der Waals surface area contributed by atoms with Crippen LogP contribution in [0.3, 0.4) is 0 Å². The highest BCUT2D eigenvalue weighted by Crippen LogP contribution is 2.35. The Labute approximate surface area is 170 Å². The normalized spacial score (nSPS) is 13.8. The lowest BCUT2D eigenvalue weighted by molar-refractivity contribution is -0.384. The van der Waals surface area contributed by atoms with Crippen LogP contribution in [-0.4, -0.2) is 53.4 Å². The molecule has 1 aliphatic heterocycles. The predicted molar refractivity (Wildman–Crippen MR) is 105 cm³/mol.